The zero-order chi connectivity index (χ0) is 14.8. The third-order valence-electron chi connectivity index (χ3n) is 4.40. The predicted octanol–water partition coefficient (Wildman–Crippen LogP) is 1.53. The lowest BCUT2D eigenvalue weighted by atomic mass is 9.97. The maximum absolute atomic E-state index is 12.7. The van der Waals surface area contributed by atoms with Crippen molar-refractivity contribution in [2.45, 2.75) is 51.5 Å². The molecular weight excluding hydrogens is 266 g/mol. The highest BCUT2D eigenvalue weighted by molar-refractivity contribution is 5.90. The van der Waals surface area contributed by atoms with Crippen LogP contribution in [0.1, 0.15) is 61.9 Å². The third-order valence-corrected chi connectivity index (χ3v) is 4.40. The van der Waals surface area contributed by atoms with E-state index in [1.165, 1.54) is 0 Å². The Labute approximate surface area is 125 Å². The van der Waals surface area contributed by atoms with E-state index in [-0.39, 0.29) is 11.8 Å². The molecule has 2 N–H and O–H groups in total. The van der Waals surface area contributed by atoms with Crippen LogP contribution in [0.4, 0.5) is 0 Å². The summed E-state index contributed by atoms with van der Waals surface area (Å²) in [5, 5.41) is 10.4. The van der Waals surface area contributed by atoms with Gasteiger partial charge < -0.3 is 10.2 Å². The molecule has 0 spiro atoms. The molecule has 2 heterocycles. The van der Waals surface area contributed by atoms with Gasteiger partial charge in [0, 0.05) is 18.5 Å². The molecule has 1 amide bonds. The van der Waals surface area contributed by atoms with E-state index in [4.69, 9.17) is 0 Å². The zero-order valence-electron chi connectivity index (χ0n) is 12.9. The molecule has 3 rings (SSSR count). The second-order valence-electron chi connectivity index (χ2n) is 6.58. The number of nitrogens with one attached hydrogen (secondary N) is 2. The van der Waals surface area contributed by atoms with Crippen molar-refractivity contribution in [2.24, 2.45) is 5.92 Å². The van der Waals surface area contributed by atoms with E-state index < -0.39 is 0 Å². The summed E-state index contributed by atoms with van der Waals surface area (Å²) in [6.45, 7) is 7.08. The van der Waals surface area contributed by atoms with Crippen LogP contribution in [0.25, 0.3) is 0 Å². The molecule has 1 saturated heterocycles. The monoisotopic (exact) mass is 291 g/mol. The van der Waals surface area contributed by atoms with Crippen LogP contribution in [0.2, 0.25) is 0 Å². The Bertz CT molecular complexity index is 488. The second-order valence-corrected chi connectivity index (χ2v) is 6.58. The number of carbonyl (C=O) groups excluding carboxylic acids is 1. The first-order valence-corrected chi connectivity index (χ1v) is 8.09. The average Bonchev–Trinajstić information content (AvgIpc) is 3.20. The van der Waals surface area contributed by atoms with E-state index >= 15 is 0 Å². The molecule has 1 saturated carbocycles. The van der Waals surface area contributed by atoms with Gasteiger partial charge in [-0.3, -0.25) is 9.89 Å². The molecule has 2 fully saturated rings. The minimum atomic E-state index is -0.000757. The Kier molecular flexibility index (Phi) is 4.24. The summed E-state index contributed by atoms with van der Waals surface area (Å²) in [7, 11) is 0. The van der Waals surface area contributed by atoms with E-state index in [0.717, 1.165) is 51.1 Å². The lowest BCUT2D eigenvalue weighted by Gasteiger charge is -2.29. The number of hydrogen-bond donors (Lipinski definition) is 2. The second kappa shape index (κ2) is 6.13. The van der Waals surface area contributed by atoms with Gasteiger partial charge in [-0.2, -0.15) is 0 Å². The van der Waals surface area contributed by atoms with Crippen LogP contribution < -0.4 is 5.32 Å². The summed E-state index contributed by atoms with van der Waals surface area (Å²) >= 11 is 0. The van der Waals surface area contributed by atoms with Crippen molar-refractivity contribution in [3.8, 4) is 0 Å². The van der Waals surface area contributed by atoms with Crippen molar-refractivity contribution in [1.82, 2.24) is 25.4 Å². The number of carbonyl (C=O) groups is 1. The first kappa shape index (κ1) is 14.5. The Morgan fingerprint density at radius 3 is 2.57 bits per heavy atom. The number of H-pyrrole nitrogens is 1. The van der Waals surface area contributed by atoms with Gasteiger partial charge in [-0.25, -0.2) is 4.98 Å². The van der Waals surface area contributed by atoms with Crippen molar-refractivity contribution in [3.05, 3.63) is 11.6 Å². The molecular formula is C15H25N5O. The van der Waals surface area contributed by atoms with E-state index in [0.29, 0.717) is 17.8 Å². The number of aromatic amines is 1. The molecule has 2 aliphatic rings. The molecule has 0 aromatic carbocycles. The van der Waals surface area contributed by atoms with Crippen LogP contribution >= 0.6 is 0 Å². The lowest BCUT2D eigenvalue weighted by molar-refractivity contribution is 0.0689. The molecule has 1 aliphatic carbocycles. The smallest absolute Gasteiger partial charge is 0.293 e. The summed E-state index contributed by atoms with van der Waals surface area (Å²) < 4.78 is 0. The van der Waals surface area contributed by atoms with Crippen molar-refractivity contribution >= 4 is 5.91 Å². The van der Waals surface area contributed by atoms with E-state index in [1.54, 1.807) is 0 Å². The summed E-state index contributed by atoms with van der Waals surface area (Å²) in [6, 6.07) is 0.411. The van der Waals surface area contributed by atoms with Crippen LogP contribution in [-0.4, -0.2) is 51.7 Å². The van der Waals surface area contributed by atoms with Crippen LogP contribution in [0.5, 0.6) is 0 Å². The van der Waals surface area contributed by atoms with E-state index in [1.807, 2.05) is 18.7 Å². The Hall–Kier alpha value is -1.43. The van der Waals surface area contributed by atoms with Gasteiger partial charge in [0.1, 0.15) is 5.82 Å². The molecule has 6 nitrogen and oxygen atoms in total. The number of hydrogen-bond acceptors (Lipinski definition) is 4. The highest BCUT2D eigenvalue weighted by Crippen LogP contribution is 2.30. The van der Waals surface area contributed by atoms with Crippen molar-refractivity contribution in [2.75, 3.05) is 19.6 Å². The fourth-order valence-corrected chi connectivity index (χ4v) is 2.88. The van der Waals surface area contributed by atoms with Gasteiger partial charge in [-0.05, 0) is 44.7 Å². The summed E-state index contributed by atoms with van der Waals surface area (Å²) in [4.78, 5) is 19.1. The highest BCUT2D eigenvalue weighted by Gasteiger charge is 2.36. The number of aromatic nitrogens is 3. The highest BCUT2D eigenvalue weighted by atomic mass is 16.2. The van der Waals surface area contributed by atoms with Gasteiger partial charge in [-0.15, -0.1) is 5.10 Å². The maximum atomic E-state index is 12.7. The minimum Gasteiger partial charge on any atom is -0.333 e. The van der Waals surface area contributed by atoms with Gasteiger partial charge in [0.2, 0.25) is 5.82 Å². The minimum absolute atomic E-state index is 0.000757. The summed E-state index contributed by atoms with van der Waals surface area (Å²) in [5.74, 6) is 1.99. The molecule has 1 aliphatic heterocycles. The summed E-state index contributed by atoms with van der Waals surface area (Å²) in [6.07, 6.45) is 4.56. The van der Waals surface area contributed by atoms with Crippen molar-refractivity contribution in [1.29, 1.82) is 0 Å². The molecule has 6 heteroatoms. The molecule has 1 aromatic rings. The fourth-order valence-electron chi connectivity index (χ4n) is 2.88. The van der Waals surface area contributed by atoms with Crippen molar-refractivity contribution < 1.29 is 4.79 Å². The topological polar surface area (TPSA) is 73.9 Å². The molecule has 21 heavy (non-hydrogen) atoms. The van der Waals surface area contributed by atoms with Crippen LogP contribution in [-0.2, 0) is 0 Å². The number of amides is 1. The number of piperidine rings is 1. The first-order valence-electron chi connectivity index (χ1n) is 8.09. The zero-order valence-corrected chi connectivity index (χ0v) is 12.9. The molecule has 0 radical (unpaired) electrons. The van der Waals surface area contributed by atoms with Gasteiger partial charge in [0.15, 0.2) is 0 Å². The Morgan fingerprint density at radius 2 is 2.00 bits per heavy atom. The molecule has 1 aromatic heterocycles. The molecule has 116 valence electrons. The Morgan fingerprint density at radius 1 is 1.29 bits per heavy atom. The normalized spacial score (nSPS) is 20.0. The molecule has 0 atom stereocenters. The van der Waals surface area contributed by atoms with Crippen LogP contribution in [0, 0.1) is 5.92 Å². The first-order chi connectivity index (χ1) is 10.1. The number of rotatable bonds is 5. The maximum Gasteiger partial charge on any atom is 0.293 e. The average molecular weight is 291 g/mol. The fraction of sp³-hybridized carbons (Fsp3) is 0.800. The third kappa shape index (κ3) is 3.43. The van der Waals surface area contributed by atoms with Crippen LogP contribution in [0.3, 0.4) is 0 Å². The largest absolute Gasteiger partial charge is 0.333 e. The van der Waals surface area contributed by atoms with Gasteiger partial charge in [-0.1, -0.05) is 13.8 Å². The van der Waals surface area contributed by atoms with Gasteiger partial charge in [0.25, 0.3) is 5.91 Å². The van der Waals surface area contributed by atoms with Crippen molar-refractivity contribution in [3.63, 3.8) is 0 Å². The predicted molar refractivity (Wildman–Crippen MR) is 80.1 cm³/mol. The van der Waals surface area contributed by atoms with E-state index in [9.17, 15) is 4.79 Å². The molecule has 0 unspecified atom stereocenters. The summed E-state index contributed by atoms with van der Waals surface area (Å²) in [5.41, 5.74) is 0. The lowest BCUT2D eigenvalue weighted by Crippen LogP contribution is -2.41. The van der Waals surface area contributed by atoms with Gasteiger partial charge in [0.05, 0.1) is 0 Å². The molecule has 0 bridgehead atoms. The number of nitrogens with zero attached hydrogens (tertiary/aromatic N) is 3. The SMILES string of the molecule is CC(C)c1nc(C(=O)N(CC2CCNCC2)C2CC2)n[nH]1. The standard InChI is InChI=1S/C15H25N5O/c1-10(2)13-17-14(19-18-13)15(21)20(12-3-4-12)9-11-5-7-16-8-6-11/h10-12,16H,3-9H2,1-2H3,(H,17,18,19). The van der Waals surface area contributed by atoms with E-state index in [2.05, 4.69) is 20.5 Å². The van der Waals surface area contributed by atoms with Gasteiger partial charge >= 0.3 is 0 Å². The van der Waals surface area contributed by atoms with Crippen LogP contribution in [0.15, 0.2) is 0 Å². The quantitative estimate of drug-likeness (QED) is 0.863. The Balaban J connectivity index is 1.68.